The van der Waals surface area contributed by atoms with E-state index in [1.165, 1.54) is 31.4 Å². The summed E-state index contributed by atoms with van der Waals surface area (Å²) in [6.45, 7) is 2.44. The second-order valence-corrected chi connectivity index (χ2v) is 5.04. The predicted octanol–water partition coefficient (Wildman–Crippen LogP) is 1.80. The number of quaternary nitrogens is 1. The molecule has 2 rings (SSSR count). The van der Waals surface area contributed by atoms with E-state index < -0.39 is 6.09 Å². The Kier molecular flexibility index (Phi) is 3.94. The molecule has 1 aromatic rings. The number of rotatable bonds is 1. The van der Waals surface area contributed by atoms with E-state index in [0.29, 0.717) is 12.1 Å². The van der Waals surface area contributed by atoms with Crippen molar-refractivity contribution in [2.24, 2.45) is 0 Å². The molecule has 1 heterocycles. The van der Waals surface area contributed by atoms with E-state index in [0.717, 1.165) is 12.8 Å². The zero-order chi connectivity index (χ0) is 14.8. The lowest BCUT2D eigenvalue weighted by atomic mass is 10.2. The van der Waals surface area contributed by atoms with Crippen molar-refractivity contribution in [1.82, 2.24) is 5.43 Å². The molecule has 0 spiro atoms. The van der Waals surface area contributed by atoms with E-state index >= 15 is 0 Å². The zero-order valence-electron chi connectivity index (χ0n) is 11.6. The first-order valence-corrected chi connectivity index (χ1v) is 6.57. The molecule has 0 aliphatic carbocycles. The van der Waals surface area contributed by atoms with Crippen molar-refractivity contribution >= 4 is 12.0 Å². The fraction of sp³-hybridized carbons (Fsp3) is 0.429. The summed E-state index contributed by atoms with van der Waals surface area (Å²) in [7, 11) is 1.32. The Bertz CT molecular complexity index is 514. The van der Waals surface area contributed by atoms with Crippen molar-refractivity contribution in [2.75, 3.05) is 13.7 Å². The smallest absolute Gasteiger partial charge is 0.508 e. The van der Waals surface area contributed by atoms with E-state index in [1.807, 2.05) is 6.92 Å². The van der Waals surface area contributed by atoms with Crippen LogP contribution in [0.3, 0.4) is 0 Å². The topological polar surface area (TPSA) is 75.6 Å². The molecule has 2 amide bonds. The van der Waals surface area contributed by atoms with Gasteiger partial charge in [-0.2, -0.15) is 10.2 Å². The molecule has 0 aromatic heterocycles. The lowest BCUT2D eigenvalue weighted by Gasteiger charge is -2.32. The van der Waals surface area contributed by atoms with Crippen LogP contribution in [0.2, 0.25) is 0 Å². The third kappa shape index (κ3) is 2.46. The van der Waals surface area contributed by atoms with Crippen molar-refractivity contribution in [3.63, 3.8) is 0 Å². The first-order valence-electron chi connectivity index (χ1n) is 6.57. The summed E-state index contributed by atoms with van der Waals surface area (Å²) in [5.41, 5.74) is 3.16. The van der Waals surface area contributed by atoms with E-state index in [1.54, 1.807) is 0 Å². The van der Waals surface area contributed by atoms with Crippen LogP contribution in [-0.2, 0) is 4.74 Å². The minimum absolute atomic E-state index is 0.0245. The van der Waals surface area contributed by atoms with Crippen LogP contribution in [0.25, 0.3) is 0 Å². The van der Waals surface area contributed by atoms with E-state index in [4.69, 9.17) is 4.74 Å². The molecule has 1 saturated heterocycles. The molecular weight excluding hydrogens is 260 g/mol. The Morgan fingerprint density at radius 3 is 2.50 bits per heavy atom. The monoisotopic (exact) mass is 279 g/mol. The van der Waals surface area contributed by atoms with Crippen molar-refractivity contribution in [1.29, 1.82) is 0 Å². The number of aromatic hydroxyl groups is 1. The Hall–Kier alpha value is -2.08. The van der Waals surface area contributed by atoms with Gasteiger partial charge < -0.3 is 9.84 Å². The van der Waals surface area contributed by atoms with E-state index in [9.17, 15) is 14.7 Å². The van der Waals surface area contributed by atoms with Crippen LogP contribution in [0, 0.1) is 0 Å². The Labute approximate surface area is 117 Å². The highest BCUT2D eigenvalue weighted by molar-refractivity contribution is 5.94. The molecular formula is C14H19N2O4+. The Morgan fingerprint density at radius 2 is 2.00 bits per heavy atom. The van der Waals surface area contributed by atoms with Crippen molar-refractivity contribution in [3.8, 4) is 5.75 Å². The van der Waals surface area contributed by atoms with Crippen molar-refractivity contribution in [3.05, 3.63) is 29.8 Å². The molecule has 1 aliphatic heterocycles. The number of nitrogens with zero attached hydrogens (tertiary/aromatic N) is 1. The summed E-state index contributed by atoms with van der Waals surface area (Å²) in [4.78, 5) is 24.3. The van der Waals surface area contributed by atoms with Crippen LogP contribution in [0.5, 0.6) is 5.75 Å². The molecule has 0 bridgehead atoms. The number of amides is 2. The summed E-state index contributed by atoms with van der Waals surface area (Å²) in [5.74, 6) is -0.267. The molecule has 6 heteroatoms. The summed E-state index contributed by atoms with van der Waals surface area (Å²) in [6, 6.07) is 5.87. The number of nitrogens with one attached hydrogen (secondary N) is 1. The molecule has 20 heavy (non-hydrogen) atoms. The maximum Gasteiger partial charge on any atom is 0.541 e. The third-order valence-corrected chi connectivity index (χ3v) is 3.82. The minimum atomic E-state index is -0.456. The molecule has 0 saturated carbocycles. The van der Waals surface area contributed by atoms with E-state index in [-0.39, 0.29) is 22.3 Å². The summed E-state index contributed by atoms with van der Waals surface area (Å²) in [5, 5.41) is 9.23. The number of ether oxygens (including phenoxy) is 1. The van der Waals surface area contributed by atoms with Gasteiger partial charge in [0.15, 0.2) is 0 Å². The molecule has 2 atom stereocenters. The summed E-state index contributed by atoms with van der Waals surface area (Å²) < 4.78 is 4.66. The highest BCUT2D eigenvalue weighted by atomic mass is 16.6. The van der Waals surface area contributed by atoms with Gasteiger partial charge >= 0.3 is 6.09 Å². The second-order valence-electron chi connectivity index (χ2n) is 5.04. The van der Waals surface area contributed by atoms with Gasteiger partial charge in [0.25, 0.3) is 5.91 Å². The summed E-state index contributed by atoms with van der Waals surface area (Å²) in [6.07, 6.45) is 1.25. The average molecular weight is 279 g/mol. The average Bonchev–Trinajstić information content (AvgIpc) is 2.81. The van der Waals surface area contributed by atoms with Crippen LogP contribution in [0.4, 0.5) is 4.79 Å². The molecule has 6 nitrogen and oxygen atoms in total. The number of likely N-dealkylation sites (tertiary alicyclic amines) is 1. The number of carbonyl (C=O) groups excluding carboxylic acids is 2. The molecule has 1 unspecified atom stereocenters. The SMILES string of the molecule is COC(=O)[N+]1(NC(=O)c2ccc(O)cc2)CCC[C@H]1C. The van der Waals surface area contributed by atoms with Gasteiger partial charge in [0, 0.05) is 18.4 Å². The van der Waals surface area contributed by atoms with Crippen molar-refractivity contribution < 1.29 is 24.0 Å². The fourth-order valence-corrected chi connectivity index (χ4v) is 2.58. The second kappa shape index (κ2) is 5.50. The predicted molar refractivity (Wildman–Crippen MR) is 71.8 cm³/mol. The highest BCUT2D eigenvalue weighted by Gasteiger charge is 2.49. The maximum atomic E-state index is 12.3. The number of carbonyl (C=O) groups is 2. The van der Waals surface area contributed by atoms with Crippen molar-refractivity contribution in [2.45, 2.75) is 25.8 Å². The molecule has 0 radical (unpaired) electrons. The van der Waals surface area contributed by atoms with Gasteiger partial charge in [-0.25, -0.2) is 0 Å². The number of methoxy groups -OCH3 is 1. The minimum Gasteiger partial charge on any atom is -0.508 e. The first kappa shape index (κ1) is 14.3. The van der Waals surface area contributed by atoms with Gasteiger partial charge in [0.05, 0.1) is 7.11 Å². The number of benzene rings is 1. The quantitative estimate of drug-likeness (QED) is 0.769. The molecule has 1 aromatic carbocycles. The normalized spacial score (nSPS) is 25.2. The fourth-order valence-electron chi connectivity index (χ4n) is 2.58. The van der Waals surface area contributed by atoms with Crippen LogP contribution in [-0.4, -0.2) is 41.4 Å². The van der Waals surface area contributed by atoms with Crippen LogP contribution in [0.15, 0.2) is 24.3 Å². The first-order chi connectivity index (χ1) is 9.49. The highest BCUT2D eigenvalue weighted by Crippen LogP contribution is 2.26. The number of hydrogen-bond donors (Lipinski definition) is 2. The number of phenolic OH excluding ortho intramolecular Hbond substituents is 1. The van der Waals surface area contributed by atoms with Gasteiger partial charge in [-0.1, -0.05) is 0 Å². The maximum absolute atomic E-state index is 12.3. The third-order valence-electron chi connectivity index (χ3n) is 3.82. The zero-order valence-corrected chi connectivity index (χ0v) is 11.6. The standard InChI is InChI=1S/C14H18N2O4/c1-10-4-3-9-16(10,14(19)20-2)15-13(18)11-5-7-12(17)8-6-11/h5-8,10H,3-4,9H2,1-2H3,(H-,15,17,18)/p+1/t10-,16?/m1/s1. The van der Waals surface area contributed by atoms with Gasteiger partial charge in [-0.15, -0.1) is 4.59 Å². The van der Waals surface area contributed by atoms with Crippen LogP contribution >= 0.6 is 0 Å². The molecule has 1 fully saturated rings. The van der Waals surface area contributed by atoms with Gasteiger partial charge in [-0.3, -0.25) is 4.79 Å². The molecule has 1 aliphatic rings. The summed E-state index contributed by atoms with van der Waals surface area (Å²) >= 11 is 0. The van der Waals surface area contributed by atoms with E-state index in [2.05, 4.69) is 5.43 Å². The lowest BCUT2D eigenvalue weighted by molar-refractivity contribution is -0.901. The molecule has 2 N–H and O–H groups in total. The van der Waals surface area contributed by atoms with Gasteiger partial charge in [0.2, 0.25) is 0 Å². The lowest BCUT2D eigenvalue weighted by Crippen LogP contribution is -2.65. The van der Waals surface area contributed by atoms with Gasteiger partial charge in [0.1, 0.15) is 18.3 Å². The number of hydrogen-bond acceptors (Lipinski definition) is 4. The Morgan fingerprint density at radius 1 is 1.35 bits per heavy atom. The number of phenols is 1. The van der Waals surface area contributed by atoms with Crippen LogP contribution < -0.4 is 5.43 Å². The Balaban J connectivity index is 2.22. The largest absolute Gasteiger partial charge is 0.541 e. The van der Waals surface area contributed by atoms with Gasteiger partial charge in [-0.05, 0) is 31.2 Å². The molecule has 108 valence electrons. The van der Waals surface area contributed by atoms with Crippen LogP contribution in [0.1, 0.15) is 30.1 Å².